The Morgan fingerprint density at radius 3 is 2.46 bits per heavy atom. The smallest absolute Gasteiger partial charge is 0.280 e. The van der Waals surface area contributed by atoms with Crippen LogP contribution in [-0.2, 0) is 13.0 Å². The monoisotopic (exact) mass is 321 g/mol. The Balaban J connectivity index is 2.00. The molecule has 0 unspecified atom stereocenters. The summed E-state index contributed by atoms with van der Waals surface area (Å²) in [5.74, 6) is -0.489. The molecule has 2 aromatic carbocycles. The molecule has 1 N–H and O–H groups in total. The molecule has 0 aliphatic heterocycles. The summed E-state index contributed by atoms with van der Waals surface area (Å²) in [4.78, 5) is 25.1. The maximum atomic E-state index is 12.6. The van der Waals surface area contributed by atoms with Gasteiger partial charge in [0.2, 0.25) is 5.43 Å². The van der Waals surface area contributed by atoms with Crippen molar-refractivity contribution in [3.05, 3.63) is 70.0 Å². The standard InChI is InChI=1S/C19H19N3O2/c1-3-13-9-11-14(12-10-13)20-19(24)17-18(23)15-7-5-6-8-16(15)22(4-2)21-17/h5-12H,3-4H2,1-2H3,(H,20,24). The zero-order chi connectivity index (χ0) is 17.1. The minimum Gasteiger partial charge on any atom is -0.320 e. The van der Waals surface area contributed by atoms with Gasteiger partial charge in [0.15, 0.2) is 5.69 Å². The highest BCUT2D eigenvalue weighted by molar-refractivity contribution is 6.04. The SMILES string of the molecule is CCc1ccc(NC(=O)c2nn(CC)c3ccccc3c2=O)cc1. The van der Waals surface area contributed by atoms with E-state index in [1.807, 2.05) is 43.3 Å². The molecular formula is C19H19N3O2. The van der Waals surface area contributed by atoms with Crippen LogP contribution in [0.25, 0.3) is 10.9 Å². The van der Waals surface area contributed by atoms with Crippen molar-refractivity contribution in [3.63, 3.8) is 0 Å². The van der Waals surface area contributed by atoms with Gasteiger partial charge in [-0.15, -0.1) is 0 Å². The van der Waals surface area contributed by atoms with Crippen molar-refractivity contribution < 1.29 is 4.79 Å². The Kier molecular flexibility index (Phi) is 4.42. The fourth-order valence-electron chi connectivity index (χ4n) is 2.64. The molecule has 0 fully saturated rings. The molecule has 5 nitrogen and oxygen atoms in total. The summed E-state index contributed by atoms with van der Waals surface area (Å²) >= 11 is 0. The predicted octanol–water partition coefficient (Wildman–Crippen LogP) is 3.23. The number of para-hydroxylation sites is 1. The number of nitrogens with zero attached hydrogens (tertiary/aromatic N) is 2. The highest BCUT2D eigenvalue weighted by Gasteiger charge is 2.17. The van der Waals surface area contributed by atoms with Crippen molar-refractivity contribution in [2.45, 2.75) is 26.8 Å². The molecule has 0 saturated heterocycles. The molecule has 5 heteroatoms. The largest absolute Gasteiger partial charge is 0.320 e. The fourth-order valence-corrected chi connectivity index (χ4v) is 2.64. The molecule has 0 bridgehead atoms. The van der Waals surface area contributed by atoms with Gasteiger partial charge >= 0.3 is 0 Å². The number of nitrogens with one attached hydrogen (secondary N) is 1. The minimum absolute atomic E-state index is 0.0879. The molecule has 1 amide bonds. The number of benzene rings is 2. The van der Waals surface area contributed by atoms with E-state index in [4.69, 9.17) is 0 Å². The van der Waals surface area contributed by atoms with Gasteiger partial charge < -0.3 is 5.32 Å². The van der Waals surface area contributed by atoms with Crippen molar-refractivity contribution in [2.75, 3.05) is 5.32 Å². The van der Waals surface area contributed by atoms with Crippen LogP contribution < -0.4 is 10.7 Å². The third kappa shape index (κ3) is 2.93. The second kappa shape index (κ2) is 6.66. The second-order valence-corrected chi connectivity index (χ2v) is 5.52. The van der Waals surface area contributed by atoms with Crippen molar-refractivity contribution in [2.24, 2.45) is 0 Å². The molecule has 0 aliphatic carbocycles. The van der Waals surface area contributed by atoms with E-state index < -0.39 is 5.91 Å². The summed E-state index contributed by atoms with van der Waals surface area (Å²) in [6, 6.07) is 14.8. The summed E-state index contributed by atoms with van der Waals surface area (Å²) in [7, 11) is 0. The lowest BCUT2D eigenvalue weighted by atomic mass is 10.1. The fraction of sp³-hybridized carbons (Fsp3) is 0.211. The van der Waals surface area contributed by atoms with E-state index in [2.05, 4.69) is 17.3 Å². The van der Waals surface area contributed by atoms with Gasteiger partial charge in [0.25, 0.3) is 5.91 Å². The van der Waals surface area contributed by atoms with Crippen molar-refractivity contribution in [1.29, 1.82) is 0 Å². The highest BCUT2D eigenvalue weighted by atomic mass is 16.2. The third-order valence-electron chi connectivity index (χ3n) is 4.00. The van der Waals surface area contributed by atoms with Crippen LogP contribution in [0.15, 0.2) is 53.3 Å². The number of fused-ring (bicyclic) bond motifs is 1. The molecule has 3 rings (SSSR count). The molecule has 0 aliphatic rings. The zero-order valence-corrected chi connectivity index (χ0v) is 13.7. The molecule has 1 aromatic heterocycles. The molecule has 3 aromatic rings. The van der Waals surface area contributed by atoms with Gasteiger partial charge in [0.1, 0.15) is 0 Å². The van der Waals surface area contributed by atoms with Crippen LogP contribution in [0.4, 0.5) is 5.69 Å². The number of aromatic nitrogens is 2. The van der Waals surface area contributed by atoms with Crippen molar-refractivity contribution in [1.82, 2.24) is 9.78 Å². The lowest BCUT2D eigenvalue weighted by molar-refractivity contribution is 0.101. The summed E-state index contributed by atoms with van der Waals surface area (Å²) < 4.78 is 1.67. The Labute approximate surface area is 139 Å². The number of carbonyl (C=O) groups excluding carboxylic acids is 1. The summed E-state index contributed by atoms with van der Waals surface area (Å²) in [5.41, 5.74) is 2.13. The van der Waals surface area contributed by atoms with E-state index in [1.54, 1.807) is 16.8 Å². The number of aryl methyl sites for hydroxylation is 2. The first-order chi connectivity index (χ1) is 11.6. The number of hydrogen-bond acceptors (Lipinski definition) is 3. The lowest BCUT2D eigenvalue weighted by Gasteiger charge is -2.10. The first-order valence-corrected chi connectivity index (χ1v) is 8.04. The molecule has 1 heterocycles. The average Bonchev–Trinajstić information content (AvgIpc) is 2.63. The quantitative estimate of drug-likeness (QED) is 0.802. The average molecular weight is 321 g/mol. The summed E-state index contributed by atoms with van der Waals surface area (Å²) in [6.07, 6.45) is 0.932. The lowest BCUT2D eigenvalue weighted by Crippen LogP contribution is -2.27. The van der Waals surface area contributed by atoms with Gasteiger partial charge in [-0.1, -0.05) is 31.2 Å². The van der Waals surface area contributed by atoms with Crippen molar-refractivity contribution >= 4 is 22.5 Å². The van der Waals surface area contributed by atoms with Gasteiger partial charge in [-0.3, -0.25) is 14.3 Å². The maximum Gasteiger partial charge on any atom is 0.280 e. The first kappa shape index (κ1) is 15.9. The molecule has 122 valence electrons. The van der Waals surface area contributed by atoms with Crippen LogP contribution in [0.3, 0.4) is 0 Å². The van der Waals surface area contributed by atoms with Gasteiger partial charge in [-0.05, 0) is 43.2 Å². The molecule has 24 heavy (non-hydrogen) atoms. The van der Waals surface area contributed by atoms with Crippen LogP contribution in [0.5, 0.6) is 0 Å². The van der Waals surface area contributed by atoms with Crippen LogP contribution >= 0.6 is 0 Å². The van der Waals surface area contributed by atoms with E-state index >= 15 is 0 Å². The van der Waals surface area contributed by atoms with Gasteiger partial charge in [0, 0.05) is 17.6 Å². The van der Waals surface area contributed by atoms with Crippen LogP contribution in [0.1, 0.15) is 29.9 Å². The Hall–Kier alpha value is -2.95. The second-order valence-electron chi connectivity index (χ2n) is 5.52. The number of anilines is 1. The molecule has 0 saturated carbocycles. The van der Waals surface area contributed by atoms with E-state index in [0.717, 1.165) is 11.9 Å². The number of hydrogen-bond donors (Lipinski definition) is 1. The predicted molar refractivity (Wildman–Crippen MR) is 95.5 cm³/mol. The van der Waals surface area contributed by atoms with Gasteiger partial charge in [0.05, 0.1) is 5.52 Å². The minimum atomic E-state index is -0.489. The molecular weight excluding hydrogens is 302 g/mol. The van der Waals surface area contributed by atoms with E-state index in [1.165, 1.54) is 5.56 Å². The van der Waals surface area contributed by atoms with Crippen LogP contribution in [0.2, 0.25) is 0 Å². The molecule has 0 spiro atoms. The van der Waals surface area contributed by atoms with Crippen LogP contribution in [0, 0.1) is 0 Å². The third-order valence-corrected chi connectivity index (χ3v) is 4.00. The summed E-state index contributed by atoms with van der Waals surface area (Å²) in [5, 5.41) is 7.49. The number of carbonyl (C=O) groups is 1. The van der Waals surface area contributed by atoms with E-state index in [-0.39, 0.29) is 11.1 Å². The van der Waals surface area contributed by atoms with Gasteiger partial charge in [-0.2, -0.15) is 5.10 Å². The molecule has 0 radical (unpaired) electrons. The highest BCUT2D eigenvalue weighted by Crippen LogP contribution is 2.13. The van der Waals surface area contributed by atoms with Gasteiger partial charge in [-0.25, -0.2) is 0 Å². The number of amides is 1. The van der Waals surface area contributed by atoms with Crippen molar-refractivity contribution in [3.8, 4) is 0 Å². The zero-order valence-electron chi connectivity index (χ0n) is 13.7. The Morgan fingerprint density at radius 1 is 1.08 bits per heavy atom. The first-order valence-electron chi connectivity index (χ1n) is 8.04. The van der Waals surface area contributed by atoms with E-state index in [0.29, 0.717) is 17.6 Å². The Morgan fingerprint density at radius 2 is 1.79 bits per heavy atom. The van der Waals surface area contributed by atoms with Crippen LogP contribution in [-0.4, -0.2) is 15.7 Å². The normalized spacial score (nSPS) is 10.8. The molecule has 0 atom stereocenters. The maximum absolute atomic E-state index is 12.6. The topological polar surface area (TPSA) is 64.0 Å². The van der Waals surface area contributed by atoms with E-state index in [9.17, 15) is 9.59 Å². The number of rotatable bonds is 4. The Bertz CT molecular complexity index is 943. The summed E-state index contributed by atoms with van der Waals surface area (Å²) in [6.45, 7) is 4.57.